The quantitative estimate of drug-likeness (QED) is 0.469. The highest BCUT2D eigenvalue weighted by Crippen LogP contribution is 2.31. The zero-order valence-electron chi connectivity index (χ0n) is 21.6. The van der Waals surface area contributed by atoms with Crippen molar-refractivity contribution in [2.75, 3.05) is 53.6 Å². The fraction of sp³-hybridized carbons (Fsp3) is 0.667. The van der Waals surface area contributed by atoms with E-state index in [1.165, 1.54) is 24.2 Å². The van der Waals surface area contributed by atoms with E-state index >= 15 is 0 Å². The summed E-state index contributed by atoms with van der Waals surface area (Å²) in [5.41, 5.74) is 1.01. The molecule has 3 saturated heterocycles. The first kappa shape index (κ1) is 26.4. The Kier molecular flexibility index (Phi) is 9.20. The zero-order chi connectivity index (χ0) is 25.5. The molecule has 3 aliphatic heterocycles. The molecule has 3 fully saturated rings. The van der Waals surface area contributed by atoms with Gasteiger partial charge < -0.3 is 24.6 Å². The topological polar surface area (TPSA) is 91.4 Å². The summed E-state index contributed by atoms with van der Waals surface area (Å²) in [7, 11) is 3.24. The Labute approximate surface area is 214 Å². The van der Waals surface area contributed by atoms with Crippen molar-refractivity contribution < 1.29 is 23.9 Å². The lowest BCUT2D eigenvalue weighted by atomic mass is 9.83. The maximum atomic E-state index is 13.4. The van der Waals surface area contributed by atoms with E-state index in [1.807, 2.05) is 29.2 Å². The van der Waals surface area contributed by atoms with E-state index in [0.29, 0.717) is 38.1 Å². The molecule has 9 nitrogen and oxygen atoms in total. The maximum absolute atomic E-state index is 13.4. The van der Waals surface area contributed by atoms with E-state index in [4.69, 9.17) is 9.47 Å². The van der Waals surface area contributed by atoms with Crippen LogP contribution in [0.3, 0.4) is 0 Å². The summed E-state index contributed by atoms with van der Waals surface area (Å²) < 4.78 is 10.5. The van der Waals surface area contributed by atoms with Gasteiger partial charge in [0.1, 0.15) is 11.8 Å². The molecule has 1 N–H and O–H groups in total. The molecule has 0 unspecified atom stereocenters. The Morgan fingerprint density at radius 2 is 1.86 bits per heavy atom. The number of nitrogens with one attached hydrogen (secondary N) is 1. The molecule has 4 amide bonds. The Morgan fingerprint density at radius 3 is 2.61 bits per heavy atom. The first-order valence-corrected chi connectivity index (χ1v) is 13.3. The highest BCUT2D eigenvalue weighted by molar-refractivity contribution is 6.05. The van der Waals surface area contributed by atoms with E-state index in [1.54, 1.807) is 14.2 Å². The normalized spacial score (nSPS) is 24.4. The summed E-state index contributed by atoms with van der Waals surface area (Å²) in [6.07, 6.45) is 6.51. The standard InChI is InChI=1S/C27H40N4O5/c1-35-17-16-30(19-21-6-5-14-29-13-4-3-7-24(21)29)25(32)18-23-26(33)31(27(34)28-23)15-12-20-8-10-22(36-2)11-9-20/h8-11,21,23-24H,3-7,12-19H2,1-2H3,(H,28,34)/t21-,23-,24+/m0/s1. The first-order chi connectivity index (χ1) is 17.5. The van der Waals surface area contributed by atoms with Crippen LogP contribution in [0, 0.1) is 5.92 Å². The van der Waals surface area contributed by atoms with Crippen molar-refractivity contribution in [3.05, 3.63) is 29.8 Å². The number of nitrogens with zero attached hydrogens (tertiary/aromatic N) is 3. The van der Waals surface area contributed by atoms with Crippen LogP contribution >= 0.6 is 0 Å². The molecule has 198 valence electrons. The second kappa shape index (κ2) is 12.5. The van der Waals surface area contributed by atoms with E-state index in [-0.39, 0.29) is 24.8 Å². The van der Waals surface area contributed by atoms with Crippen LogP contribution in [-0.4, -0.2) is 98.2 Å². The van der Waals surface area contributed by atoms with Crippen LogP contribution in [0.2, 0.25) is 0 Å². The molecule has 36 heavy (non-hydrogen) atoms. The Hall–Kier alpha value is -2.65. The fourth-order valence-electron chi connectivity index (χ4n) is 5.86. The highest BCUT2D eigenvalue weighted by atomic mass is 16.5. The molecule has 0 aliphatic carbocycles. The molecule has 4 rings (SSSR count). The molecule has 0 bridgehead atoms. The number of urea groups is 1. The fourth-order valence-corrected chi connectivity index (χ4v) is 5.86. The molecule has 1 aromatic carbocycles. The number of hydrogen-bond donors (Lipinski definition) is 1. The summed E-state index contributed by atoms with van der Waals surface area (Å²) in [5, 5.41) is 2.73. The first-order valence-electron chi connectivity index (χ1n) is 13.3. The SMILES string of the molecule is COCCN(C[C@@H]1CCCN2CCCC[C@H]12)C(=O)C[C@@H]1NC(=O)N(CCc2ccc(OC)cc2)C1=O. The molecule has 3 aliphatic rings. The predicted molar refractivity (Wildman–Crippen MR) is 136 cm³/mol. The van der Waals surface area contributed by atoms with Crippen molar-refractivity contribution >= 4 is 17.8 Å². The highest BCUT2D eigenvalue weighted by Gasteiger charge is 2.40. The number of hydrogen-bond acceptors (Lipinski definition) is 6. The van der Waals surface area contributed by atoms with Crippen LogP contribution in [0.4, 0.5) is 4.79 Å². The number of rotatable bonds is 11. The van der Waals surface area contributed by atoms with Gasteiger partial charge in [0.15, 0.2) is 0 Å². The van der Waals surface area contributed by atoms with E-state index in [2.05, 4.69) is 10.2 Å². The minimum atomic E-state index is -0.816. The average molecular weight is 501 g/mol. The van der Waals surface area contributed by atoms with Gasteiger partial charge in [-0.2, -0.15) is 0 Å². The summed E-state index contributed by atoms with van der Waals surface area (Å²) in [4.78, 5) is 44.6. The monoisotopic (exact) mass is 500 g/mol. The van der Waals surface area contributed by atoms with Crippen LogP contribution in [-0.2, 0) is 20.7 Å². The summed E-state index contributed by atoms with van der Waals surface area (Å²) in [6.45, 7) is 4.21. The van der Waals surface area contributed by atoms with Gasteiger partial charge in [0.2, 0.25) is 5.91 Å². The minimum Gasteiger partial charge on any atom is -0.497 e. The van der Waals surface area contributed by atoms with Gasteiger partial charge in [-0.15, -0.1) is 0 Å². The van der Waals surface area contributed by atoms with Crippen molar-refractivity contribution in [1.29, 1.82) is 0 Å². The van der Waals surface area contributed by atoms with E-state index in [0.717, 1.165) is 37.2 Å². The van der Waals surface area contributed by atoms with Gasteiger partial charge in [0.25, 0.3) is 5.91 Å². The molecule has 3 heterocycles. The summed E-state index contributed by atoms with van der Waals surface area (Å²) in [5.74, 6) is 0.768. The average Bonchev–Trinajstić information content (AvgIpc) is 3.17. The summed E-state index contributed by atoms with van der Waals surface area (Å²) in [6, 6.07) is 6.84. The number of carbonyl (C=O) groups excluding carboxylic acids is 3. The molecule has 1 aromatic rings. The van der Waals surface area contributed by atoms with E-state index in [9.17, 15) is 14.4 Å². The van der Waals surface area contributed by atoms with Gasteiger partial charge in [0.05, 0.1) is 20.1 Å². The van der Waals surface area contributed by atoms with Crippen molar-refractivity contribution in [2.45, 2.75) is 57.0 Å². The van der Waals surface area contributed by atoms with Gasteiger partial charge in [-0.05, 0) is 68.8 Å². The lowest BCUT2D eigenvalue weighted by Crippen LogP contribution is -2.52. The van der Waals surface area contributed by atoms with Gasteiger partial charge in [-0.3, -0.25) is 14.5 Å². The van der Waals surface area contributed by atoms with Gasteiger partial charge in [0, 0.05) is 32.8 Å². The maximum Gasteiger partial charge on any atom is 0.324 e. The number of carbonyl (C=O) groups is 3. The van der Waals surface area contributed by atoms with Crippen molar-refractivity contribution in [2.24, 2.45) is 5.92 Å². The Balaban J connectivity index is 1.34. The molecule has 3 atom stereocenters. The molecular formula is C27H40N4O5. The second-order valence-corrected chi connectivity index (χ2v) is 10.1. The number of methoxy groups -OCH3 is 2. The predicted octanol–water partition coefficient (Wildman–Crippen LogP) is 2.29. The largest absolute Gasteiger partial charge is 0.497 e. The lowest BCUT2D eigenvalue weighted by molar-refractivity contribution is -0.137. The van der Waals surface area contributed by atoms with E-state index < -0.39 is 12.1 Å². The molecule has 0 saturated carbocycles. The molecule has 0 aromatic heterocycles. The lowest BCUT2D eigenvalue weighted by Gasteiger charge is -2.45. The minimum absolute atomic E-state index is 0.0194. The number of fused-ring (bicyclic) bond motifs is 1. The van der Waals surface area contributed by atoms with Gasteiger partial charge in [-0.25, -0.2) is 4.79 Å². The number of piperidine rings is 2. The van der Waals surface area contributed by atoms with Crippen molar-refractivity contribution in [3.8, 4) is 5.75 Å². The smallest absolute Gasteiger partial charge is 0.324 e. The Morgan fingerprint density at radius 1 is 1.08 bits per heavy atom. The van der Waals surface area contributed by atoms with Crippen molar-refractivity contribution in [3.63, 3.8) is 0 Å². The second-order valence-electron chi connectivity index (χ2n) is 10.1. The number of amides is 4. The van der Waals surface area contributed by atoms with Crippen LogP contribution in [0.15, 0.2) is 24.3 Å². The Bertz CT molecular complexity index is 906. The third-order valence-electron chi connectivity index (χ3n) is 7.87. The summed E-state index contributed by atoms with van der Waals surface area (Å²) >= 11 is 0. The zero-order valence-corrected chi connectivity index (χ0v) is 21.6. The van der Waals surface area contributed by atoms with Crippen LogP contribution < -0.4 is 10.1 Å². The van der Waals surface area contributed by atoms with Gasteiger partial charge >= 0.3 is 6.03 Å². The number of benzene rings is 1. The number of ether oxygens (including phenoxy) is 2. The van der Waals surface area contributed by atoms with Crippen LogP contribution in [0.25, 0.3) is 0 Å². The van der Waals surface area contributed by atoms with Crippen molar-refractivity contribution in [1.82, 2.24) is 20.0 Å². The number of imide groups is 1. The van der Waals surface area contributed by atoms with Gasteiger partial charge in [-0.1, -0.05) is 18.6 Å². The third kappa shape index (κ3) is 6.37. The third-order valence-corrected chi connectivity index (χ3v) is 7.87. The molecule has 0 radical (unpaired) electrons. The molecular weight excluding hydrogens is 460 g/mol. The van der Waals surface area contributed by atoms with Crippen LogP contribution in [0.1, 0.15) is 44.1 Å². The molecule has 9 heteroatoms. The van der Waals surface area contributed by atoms with Crippen LogP contribution in [0.5, 0.6) is 5.75 Å². The molecule has 0 spiro atoms.